The fraction of sp³-hybridized carbons (Fsp3) is 0.143. The Morgan fingerprint density at radius 1 is 1.10 bits per heavy atom. The normalized spacial score (nSPS) is 11.4. The minimum absolute atomic E-state index is 0.523. The lowest BCUT2D eigenvalue weighted by Gasteiger charge is -2.05. The van der Waals surface area contributed by atoms with Crippen molar-refractivity contribution in [2.45, 2.75) is 24.4 Å². The van der Waals surface area contributed by atoms with Crippen molar-refractivity contribution in [1.29, 1.82) is 0 Å². The molecule has 3 heterocycles. The van der Waals surface area contributed by atoms with E-state index in [0.717, 1.165) is 44.0 Å². The Kier molecular flexibility index (Phi) is 5.14. The highest BCUT2D eigenvalue weighted by atomic mass is 79.9. The number of thioether (sulfide) groups is 1. The molecule has 0 radical (unpaired) electrons. The van der Waals surface area contributed by atoms with Gasteiger partial charge in [-0.15, -0.1) is 10.2 Å². The van der Waals surface area contributed by atoms with E-state index in [2.05, 4.69) is 64.9 Å². The largest absolute Gasteiger partial charge is 0.360 e. The van der Waals surface area contributed by atoms with Crippen molar-refractivity contribution in [2.75, 3.05) is 0 Å². The van der Waals surface area contributed by atoms with Gasteiger partial charge in [0.05, 0.1) is 5.75 Å². The van der Waals surface area contributed by atoms with E-state index in [0.29, 0.717) is 17.5 Å². The number of fused-ring (bicyclic) bond motifs is 1. The molecule has 0 saturated heterocycles. The molecule has 9 heteroatoms. The third-order valence-corrected chi connectivity index (χ3v) is 6.24. The third kappa shape index (κ3) is 3.54. The van der Waals surface area contributed by atoms with Crippen molar-refractivity contribution in [3.8, 4) is 22.8 Å². The van der Waals surface area contributed by atoms with Crippen molar-refractivity contribution < 1.29 is 4.52 Å². The van der Waals surface area contributed by atoms with Gasteiger partial charge >= 0.3 is 0 Å². The molecule has 2 aromatic carbocycles. The van der Waals surface area contributed by atoms with E-state index in [1.54, 1.807) is 0 Å². The van der Waals surface area contributed by atoms with E-state index >= 15 is 0 Å². The molecular weight excluding hydrogens is 464 g/mol. The van der Waals surface area contributed by atoms with Crippen LogP contribution in [0.1, 0.15) is 12.8 Å². The molecule has 0 fully saturated rings. The van der Waals surface area contributed by atoms with Crippen LogP contribution in [-0.4, -0.2) is 29.9 Å². The highest BCUT2D eigenvalue weighted by molar-refractivity contribution is 9.10. The number of nitrogens with one attached hydrogen (secondary N) is 1. The molecule has 0 aliphatic rings. The SMILES string of the molecule is CCn1c(SCc2nc(-c3ccc(Br)cc3)no2)nnc1-c1c[nH]c2ccccc12. The summed E-state index contributed by atoms with van der Waals surface area (Å²) in [5, 5.41) is 14.9. The zero-order valence-corrected chi connectivity index (χ0v) is 18.4. The van der Waals surface area contributed by atoms with Gasteiger partial charge in [0, 0.05) is 39.2 Å². The van der Waals surface area contributed by atoms with Crippen LogP contribution in [0.3, 0.4) is 0 Å². The van der Waals surface area contributed by atoms with Gasteiger partial charge in [-0.2, -0.15) is 4.98 Å². The number of nitrogens with zero attached hydrogens (tertiary/aromatic N) is 5. The molecule has 0 unspecified atom stereocenters. The van der Waals surface area contributed by atoms with Crippen LogP contribution in [0.15, 0.2) is 68.9 Å². The first-order valence-electron chi connectivity index (χ1n) is 9.44. The fourth-order valence-electron chi connectivity index (χ4n) is 3.29. The van der Waals surface area contributed by atoms with Gasteiger partial charge in [0.15, 0.2) is 11.0 Å². The van der Waals surface area contributed by atoms with Crippen molar-refractivity contribution >= 4 is 38.6 Å². The van der Waals surface area contributed by atoms with E-state index < -0.39 is 0 Å². The minimum Gasteiger partial charge on any atom is -0.360 e. The number of hydrogen-bond donors (Lipinski definition) is 1. The summed E-state index contributed by atoms with van der Waals surface area (Å²) in [7, 11) is 0. The first-order valence-corrected chi connectivity index (χ1v) is 11.2. The Labute approximate surface area is 185 Å². The predicted molar refractivity (Wildman–Crippen MR) is 120 cm³/mol. The second-order valence-electron chi connectivity index (χ2n) is 6.61. The second kappa shape index (κ2) is 8.08. The molecule has 30 heavy (non-hydrogen) atoms. The molecule has 7 nitrogen and oxygen atoms in total. The van der Waals surface area contributed by atoms with Crippen molar-refractivity contribution in [3.05, 3.63) is 65.1 Å². The maximum absolute atomic E-state index is 5.43. The summed E-state index contributed by atoms with van der Waals surface area (Å²) in [6.07, 6.45) is 1.98. The Morgan fingerprint density at radius 2 is 1.93 bits per heavy atom. The van der Waals surface area contributed by atoms with Crippen LogP contribution in [0.2, 0.25) is 0 Å². The highest BCUT2D eigenvalue weighted by Crippen LogP contribution is 2.31. The monoisotopic (exact) mass is 480 g/mol. The third-order valence-electron chi connectivity index (χ3n) is 4.76. The molecule has 0 atom stereocenters. The van der Waals surface area contributed by atoms with Gasteiger partial charge in [-0.3, -0.25) is 0 Å². The number of benzene rings is 2. The number of rotatable bonds is 6. The van der Waals surface area contributed by atoms with Crippen LogP contribution >= 0.6 is 27.7 Å². The maximum Gasteiger partial charge on any atom is 0.237 e. The van der Waals surface area contributed by atoms with E-state index in [1.165, 1.54) is 11.8 Å². The zero-order valence-electron chi connectivity index (χ0n) is 16.0. The molecule has 0 spiro atoms. The maximum atomic E-state index is 5.43. The Hall–Kier alpha value is -2.91. The number of aromatic amines is 1. The summed E-state index contributed by atoms with van der Waals surface area (Å²) in [5.74, 6) is 2.50. The van der Waals surface area contributed by atoms with Crippen LogP contribution < -0.4 is 0 Å². The molecule has 0 aliphatic heterocycles. The van der Waals surface area contributed by atoms with Gasteiger partial charge in [-0.1, -0.05) is 51.0 Å². The lowest BCUT2D eigenvalue weighted by atomic mass is 10.1. The van der Waals surface area contributed by atoms with Crippen LogP contribution in [-0.2, 0) is 12.3 Å². The summed E-state index contributed by atoms with van der Waals surface area (Å²) in [4.78, 5) is 7.80. The zero-order chi connectivity index (χ0) is 20.5. The quantitative estimate of drug-likeness (QED) is 0.320. The van der Waals surface area contributed by atoms with Gasteiger partial charge < -0.3 is 14.1 Å². The van der Waals surface area contributed by atoms with Gasteiger partial charge in [0.2, 0.25) is 11.7 Å². The topological polar surface area (TPSA) is 85.4 Å². The Bertz CT molecular complexity index is 1310. The molecule has 5 rings (SSSR count). The van der Waals surface area contributed by atoms with Crippen LogP contribution in [0.25, 0.3) is 33.7 Å². The van der Waals surface area contributed by atoms with Crippen molar-refractivity contribution in [1.82, 2.24) is 29.9 Å². The predicted octanol–water partition coefficient (Wildman–Crippen LogP) is 5.55. The fourth-order valence-corrected chi connectivity index (χ4v) is 4.40. The van der Waals surface area contributed by atoms with Crippen LogP contribution in [0, 0.1) is 0 Å². The van der Waals surface area contributed by atoms with E-state index in [4.69, 9.17) is 4.52 Å². The number of aromatic nitrogens is 6. The molecule has 0 amide bonds. The molecule has 0 bridgehead atoms. The summed E-state index contributed by atoms with van der Waals surface area (Å²) < 4.78 is 8.54. The molecule has 3 aromatic heterocycles. The Morgan fingerprint density at radius 3 is 2.77 bits per heavy atom. The minimum atomic E-state index is 0.523. The first-order chi connectivity index (χ1) is 14.7. The average molecular weight is 481 g/mol. The number of H-pyrrole nitrogens is 1. The molecule has 0 aliphatic carbocycles. The van der Waals surface area contributed by atoms with Gasteiger partial charge in [0.1, 0.15) is 0 Å². The number of halogens is 1. The molecular formula is C21H17BrN6OS. The first kappa shape index (κ1) is 19.1. The summed E-state index contributed by atoms with van der Waals surface area (Å²) in [6, 6.07) is 16.0. The van der Waals surface area contributed by atoms with Gasteiger partial charge in [0.25, 0.3) is 0 Å². The van der Waals surface area contributed by atoms with E-state index in [9.17, 15) is 0 Å². The summed E-state index contributed by atoms with van der Waals surface area (Å²) >= 11 is 4.97. The standard InChI is InChI=1S/C21H17BrN6OS/c1-2-28-20(16-11-23-17-6-4-3-5-15(16)17)25-26-21(28)30-12-18-24-19(27-29-18)13-7-9-14(22)10-8-13/h3-11,23H,2,12H2,1H3. The highest BCUT2D eigenvalue weighted by Gasteiger charge is 2.17. The second-order valence-corrected chi connectivity index (χ2v) is 8.46. The molecule has 150 valence electrons. The van der Waals surface area contributed by atoms with Gasteiger partial charge in [-0.05, 0) is 37.3 Å². The van der Waals surface area contributed by atoms with Crippen LogP contribution in [0.4, 0.5) is 0 Å². The Balaban J connectivity index is 1.37. The number of hydrogen-bond acceptors (Lipinski definition) is 6. The summed E-state index contributed by atoms with van der Waals surface area (Å²) in [5.41, 5.74) is 3.04. The lowest BCUT2D eigenvalue weighted by molar-refractivity contribution is 0.391. The van der Waals surface area contributed by atoms with Gasteiger partial charge in [-0.25, -0.2) is 0 Å². The molecule has 0 saturated carbocycles. The van der Waals surface area contributed by atoms with E-state index in [-0.39, 0.29) is 0 Å². The van der Waals surface area contributed by atoms with Crippen LogP contribution in [0.5, 0.6) is 0 Å². The van der Waals surface area contributed by atoms with Crippen molar-refractivity contribution in [3.63, 3.8) is 0 Å². The molecule has 5 aromatic rings. The molecule has 1 N–H and O–H groups in total. The lowest BCUT2D eigenvalue weighted by Crippen LogP contribution is -1.99. The smallest absolute Gasteiger partial charge is 0.237 e. The number of para-hydroxylation sites is 1. The average Bonchev–Trinajstić information content (AvgIpc) is 3.50. The van der Waals surface area contributed by atoms with Crippen molar-refractivity contribution in [2.24, 2.45) is 0 Å². The van der Waals surface area contributed by atoms with E-state index in [1.807, 2.05) is 42.6 Å². The summed E-state index contributed by atoms with van der Waals surface area (Å²) in [6.45, 7) is 2.85.